The van der Waals surface area contributed by atoms with Crippen molar-refractivity contribution >= 4 is 0 Å². The maximum Gasteiger partial charge on any atom is 0.287 e. The fourth-order valence-electron chi connectivity index (χ4n) is 1.66. The van der Waals surface area contributed by atoms with E-state index in [0.29, 0.717) is 5.75 Å². The highest BCUT2D eigenvalue weighted by Gasteiger charge is 2.36. The first-order valence-electron chi connectivity index (χ1n) is 5.62. The lowest BCUT2D eigenvalue weighted by Crippen LogP contribution is -2.35. The number of methoxy groups -OCH3 is 1. The molecule has 0 fully saturated rings. The molecule has 0 aromatic heterocycles. The number of hydrogen-bond donors (Lipinski definition) is 1. The lowest BCUT2D eigenvalue weighted by atomic mass is 9.95. The number of ether oxygens (including phenoxy) is 1. The molecule has 0 heterocycles. The number of halogens is 2. The molecular weight excluding hydrogens is 224 g/mol. The largest absolute Gasteiger partial charge is 0.496 e. The summed E-state index contributed by atoms with van der Waals surface area (Å²) in [7, 11) is 1.53. The summed E-state index contributed by atoms with van der Waals surface area (Å²) >= 11 is 0. The molecule has 2 N–H and O–H groups in total. The Morgan fingerprint density at radius 3 is 2.24 bits per heavy atom. The SMILES string of the molecule is COc1ccc(C(F)(F)C(C)N)cc1C(C)C. The summed E-state index contributed by atoms with van der Waals surface area (Å²) in [5.41, 5.74) is 6.03. The Bertz CT molecular complexity index is 389. The Kier molecular flexibility index (Phi) is 4.09. The summed E-state index contributed by atoms with van der Waals surface area (Å²) in [6.45, 7) is 5.18. The molecule has 1 aromatic carbocycles. The molecule has 4 heteroatoms. The molecule has 0 radical (unpaired) electrons. The number of hydrogen-bond acceptors (Lipinski definition) is 2. The third kappa shape index (κ3) is 2.75. The van der Waals surface area contributed by atoms with Gasteiger partial charge in [-0.2, -0.15) is 8.78 Å². The van der Waals surface area contributed by atoms with E-state index in [1.54, 1.807) is 6.07 Å². The standard InChI is InChI=1S/C13H19F2NO/c1-8(2)11-7-10(5-6-12(11)17-4)13(14,15)9(3)16/h5-9H,16H2,1-4H3. The van der Waals surface area contributed by atoms with Gasteiger partial charge in [0.05, 0.1) is 13.2 Å². The van der Waals surface area contributed by atoms with Crippen molar-refractivity contribution in [3.05, 3.63) is 29.3 Å². The van der Waals surface area contributed by atoms with E-state index >= 15 is 0 Å². The Morgan fingerprint density at radius 1 is 1.24 bits per heavy atom. The van der Waals surface area contributed by atoms with Crippen LogP contribution in [0.15, 0.2) is 18.2 Å². The van der Waals surface area contributed by atoms with Crippen LogP contribution >= 0.6 is 0 Å². The van der Waals surface area contributed by atoms with Gasteiger partial charge in [0.2, 0.25) is 0 Å². The molecule has 2 nitrogen and oxygen atoms in total. The zero-order valence-electron chi connectivity index (χ0n) is 10.6. The van der Waals surface area contributed by atoms with Crippen LogP contribution in [0, 0.1) is 0 Å². The van der Waals surface area contributed by atoms with Crippen LogP contribution in [0.1, 0.15) is 37.8 Å². The lowest BCUT2D eigenvalue weighted by molar-refractivity contribution is -0.0257. The third-order valence-electron chi connectivity index (χ3n) is 2.81. The van der Waals surface area contributed by atoms with Gasteiger partial charge in [0.15, 0.2) is 0 Å². The highest BCUT2D eigenvalue weighted by Crippen LogP contribution is 2.35. The molecule has 96 valence electrons. The van der Waals surface area contributed by atoms with Gasteiger partial charge in [0, 0.05) is 5.56 Å². The molecule has 1 aromatic rings. The van der Waals surface area contributed by atoms with Crippen LogP contribution in [0.3, 0.4) is 0 Å². The average molecular weight is 243 g/mol. The van der Waals surface area contributed by atoms with E-state index in [1.807, 2.05) is 13.8 Å². The van der Waals surface area contributed by atoms with Gasteiger partial charge in [0.25, 0.3) is 5.92 Å². The third-order valence-corrected chi connectivity index (χ3v) is 2.81. The predicted molar refractivity (Wildman–Crippen MR) is 64.6 cm³/mol. The molecule has 0 aliphatic heterocycles. The van der Waals surface area contributed by atoms with Crippen molar-refractivity contribution in [2.45, 2.75) is 38.7 Å². The van der Waals surface area contributed by atoms with Gasteiger partial charge < -0.3 is 10.5 Å². The molecule has 0 amide bonds. The first-order valence-corrected chi connectivity index (χ1v) is 5.62. The van der Waals surface area contributed by atoms with E-state index in [0.717, 1.165) is 5.56 Å². The van der Waals surface area contributed by atoms with Crippen molar-refractivity contribution in [2.24, 2.45) is 5.73 Å². The van der Waals surface area contributed by atoms with E-state index in [-0.39, 0.29) is 11.5 Å². The maximum absolute atomic E-state index is 13.8. The van der Waals surface area contributed by atoms with Gasteiger partial charge >= 0.3 is 0 Å². The Morgan fingerprint density at radius 2 is 1.82 bits per heavy atom. The fourth-order valence-corrected chi connectivity index (χ4v) is 1.66. The zero-order chi connectivity index (χ0) is 13.2. The number of benzene rings is 1. The van der Waals surface area contributed by atoms with Crippen LogP contribution in [0.5, 0.6) is 5.75 Å². The Hall–Kier alpha value is -1.16. The Balaban J connectivity index is 3.26. The highest BCUT2D eigenvalue weighted by atomic mass is 19.3. The maximum atomic E-state index is 13.8. The van der Waals surface area contributed by atoms with Gasteiger partial charge in [-0.15, -0.1) is 0 Å². The molecule has 17 heavy (non-hydrogen) atoms. The molecule has 0 saturated heterocycles. The van der Waals surface area contributed by atoms with Crippen LogP contribution in [-0.2, 0) is 5.92 Å². The minimum Gasteiger partial charge on any atom is -0.496 e. The lowest BCUT2D eigenvalue weighted by Gasteiger charge is -2.22. The van der Waals surface area contributed by atoms with Crippen LogP contribution in [-0.4, -0.2) is 13.2 Å². The topological polar surface area (TPSA) is 35.2 Å². The normalized spacial score (nSPS) is 13.9. The van der Waals surface area contributed by atoms with Crippen LogP contribution in [0.25, 0.3) is 0 Å². The number of rotatable bonds is 4. The zero-order valence-corrected chi connectivity index (χ0v) is 10.6. The van der Waals surface area contributed by atoms with Crippen molar-refractivity contribution < 1.29 is 13.5 Å². The summed E-state index contributed by atoms with van der Waals surface area (Å²) in [4.78, 5) is 0. The molecule has 0 bridgehead atoms. The smallest absolute Gasteiger partial charge is 0.287 e. The summed E-state index contributed by atoms with van der Waals surface area (Å²) in [5, 5.41) is 0. The van der Waals surface area contributed by atoms with Crippen molar-refractivity contribution in [1.82, 2.24) is 0 Å². The second-order valence-corrected chi connectivity index (χ2v) is 4.52. The quantitative estimate of drug-likeness (QED) is 0.881. The minimum atomic E-state index is -3.02. The molecular formula is C13H19F2NO. The predicted octanol–water partition coefficient (Wildman–Crippen LogP) is 3.26. The molecule has 0 aliphatic rings. The van der Waals surface area contributed by atoms with Gasteiger partial charge in [-0.05, 0) is 36.6 Å². The molecule has 0 aliphatic carbocycles. The van der Waals surface area contributed by atoms with Gasteiger partial charge in [-0.25, -0.2) is 0 Å². The molecule has 1 rings (SSSR count). The molecule has 1 unspecified atom stereocenters. The number of nitrogens with two attached hydrogens (primary N) is 1. The van der Waals surface area contributed by atoms with Crippen molar-refractivity contribution in [1.29, 1.82) is 0 Å². The molecule has 1 atom stereocenters. The summed E-state index contributed by atoms with van der Waals surface area (Å²) in [6, 6.07) is 3.21. The van der Waals surface area contributed by atoms with Crippen LogP contribution in [0.4, 0.5) is 8.78 Å². The first kappa shape index (κ1) is 13.9. The second-order valence-electron chi connectivity index (χ2n) is 4.52. The molecule has 0 spiro atoms. The van der Waals surface area contributed by atoms with Crippen LogP contribution < -0.4 is 10.5 Å². The van der Waals surface area contributed by atoms with Gasteiger partial charge in [-0.3, -0.25) is 0 Å². The minimum absolute atomic E-state index is 0.0583. The Labute approximate surface area is 101 Å². The number of alkyl halides is 2. The summed E-state index contributed by atoms with van der Waals surface area (Å²) < 4.78 is 32.7. The molecule has 0 saturated carbocycles. The highest BCUT2D eigenvalue weighted by molar-refractivity contribution is 5.41. The fraction of sp³-hybridized carbons (Fsp3) is 0.538. The van der Waals surface area contributed by atoms with Crippen molar-refractivity contribution in [3.8, 4) is 5.75 Å². The van der Waals surface area contributed by atoms with E-state index in [9.17, 15) is 8.78 Å². The summed E-state index contributed by atoms with van der Waals surface area (Å²) in [6.07, 6.45) is 0. The van der Waals surface area contributed by atoms with E-state index < -0.39 is 12.0 Å². The van der Waals surface area contributed by atoms with E-state index in [2.05, 4.69) is 0 Å². The summed E-state index contributed by atoms with van der Waals surface area (Å²) in [5.74, 6) is -2.27. The van der Waals surface area contributed by atoms with E-state index in [1.165, 1.54) is 26.2 Å². The second kappa shape index (κ2) is 5.00. The van der Waals surface area contributed by atoms with Crippen LogP contribution in [0.2, 0.25) is 0 Å². The van der Waals surface area contributed by atoms with Gasteiger partial charge in [-0.1, -0.05) is 13.8 Å². The first-order chi connectivity index (χ1) is 7.80. The van der Waals surface area contributed by atoms with Gasteiger partial charge in [0.1, 0.15) is 5.75 Å². The monoisotopic (exact) mass is 243 g/mol. The average Bonchev–Trinajstić information content (AvgIpc) is 2.27. The van der Waals surface area contributed by atoms with Crippen molar-refractivity contribution in [3.63, 3.8) is 0 Å². The van der Waals surface area contributed by atoms with Crippen molar-refractivity contribution in [2.75, 3.05) is 7.11 Å². The van der Waals surface area contributed by atoms with E-state index in [4.69, 9.17) is 10.5 Å².